The third kappa shape index (κ3) is 4.33. The molecule has 0 heterocycles. The predicted molar refractivity (Wildman–Crippen MR) is 76.5 cm³/mol. The van der Waals surface area contributed by atoms with Gasteiger partial charge in [0, 0.05) is 6.04 Å². The number of nitrogens with zero attached hydrogens (tertiary/aromatic N) is 2. The molecular formula is C13H17N3O3S. The average molecular weight is 295 g/mol. The van der Waals surface area contributed by atoms with Gasteiger partial charge in [0.15, 0.2) is 0 Å². The lowest BCUT2D eigenvalue weighted by molar-refractivity contribution is -0.116. The maximum atomic E-state index is 11.9. The molecule has 0 saturated heterocycles. The number of hydrogen-bond donors (Lipinski definition) is 1. The largest absolute Gasteiger partial charge is 0.324 e. The van der Waals surface area contributed by atoms with Crippen molar-refractivity contribution < 1.29 is 13.2 Å². The number of benzene rings is 1. The van der Waals surface area contributed by atoms with E-state index in [9.17, 15) is 13.2 Å². The summed E-state index contributed by atoms with van der Waals surface area (Å²) in [6.07, 6.45) is 1.06. The van der Waals surface area contributed by atoms with Crippen LogP contribution >= 0.6 is 0 Å². The van der Waals surface area contributed by atoms with E-state index < -0.39 is 15.9 Å². The first kappa shape index (κ1) is 16.1. The molecule has 1 N–H and O–H groups in total. The van der Waals surface area contributed by atoms with Crippen LogP contribution in [-0.4, -0.2) is 37.5 Å². The summed E-state index contributed by atoms with van der Waals surface area (Å²) in [4.78, 5) is 11.9. The molecule has 0 atom stereocenters. The van der Waals surface area contributed by atoms with Crippen LogP contribution in [0.3, 0.4) is 0 Å². The van der Waals surface area contributed by atoms with Crippen molar-refractivity contribution in [1.29, 1.82) is 5.26 Å². The number of carbonyl (C=O) groups excluding carboxylic acids is 1. The van der Waals surface area contributed by atoms with Crippen molar-refractivity contribution in [2.45, 2.75) is 19.9 Å². The average Bonchev–Trinajstić information content (AvgIpc) is 2.35. The molecule has 20 heavy (non-hydrogen) atoms. The number of rotatable bonds is 5. The van der Waals surface area contributed by atoms with Crippen LogP contribution in [0.4, 0.5) is 5.69 Å². The summed E-state index contributed by atoms with van der Waals surface area (Å²) in [7, 11) is -3.46. The summed E-state index contributed by atoms with van der Waals surface area (Å²) >= 11 is 0. The lowest BCUT2D eigenvalue weighted by Crippen LogP contribution is -2.41. The highest BCUT2D eigenvalue weighted by Gasteiger charge is 2.23. The van der Waals surface area contributed by atoms with E-state index in [4.69, 9.17) is 5.26 Å². The van der Waals surface area contributed by atoms with Gasteiger partial charge in [0.05, 0.1) is 24.1 Å². The quantitative estimate of drug-likeness (QED) is 0.882. The molecule has 0 aliphatic heterocycles. The van der Waals surface area contributed by atoms with E-state index in [2.05, 4.69) is 5.32 Å². The van der Waals surface area contributed by atoms with Gasteiger partial charge in [-0.1, -0.05) is 12.1 Å². The first-order chi connectivity index (χ1) is 9.25. The Bertz CT molecular complexity index is 633. The number of sulfonamides is 1. The molecule has 0 unspecified atom stereocenters. The first-order valence-electron chi connectivity index (χ1n) is 6.01. The Hall–Kier alpha value is -1.91. The van der Waals surface area contributed by atoms with Gasteiger partial charge in [0.1, 0.15) is 6.07 Å². The van der Waals surface area contributed by atoms with E-state index in [0.717, 1.165) is 10.6 Å². The maximum Gasteiger partial charge on any atom is 0.239 e. The minimum absolute atomic E-state index is 0.281. The normalized spacial score (nSPS) is 11.4. The summed E-state index contributed by atoms with van der Waals surface area (Å²) in [5.41, 5.74) is 0.702. The van der Waals surface area contributed by atoms with Crippen LogP contribution in [0.15, 0.2) is 24.3 Å². The van der Waals surface area contributed by atoms with Gasteiger partial charge in [-0.25, -0.2) is 8.42 Å². The van der Waals surface area contributed by atoms with Gasteiger partial charge < -0.3 is 5.32 Å². The van der Waals surface area contributed by atoms with Crippen LogP contribution in [-0.2, 0) is 14.8 Å². The van der Waals surface area contributed by atoms with Gasteiger partial charge in [0.2, 0.25) is 15.9 Å². The Balaban J connectivity index is 2.85. The summed E-state index contributed by atoms with van der Waals surface area (Å²) < 4.78 is 24.2. The monoisotopic (exact) mass is 295 g/mol. The molecule has 108 valence electrons. The molecule has 0 saturated carbocycles. The van der Waals surface area contributed by atoms with Crippen molar-refractivity contribution in [1.82, 2.24) is 4.31 Å². The fourth-order valence-corrected chi connectivity index (χ4v) is 2.82. The number of nitrogens with one attached hydrogen (secondary N) is 1. The van der Waals surface area contributed by atoms with Crippen molar-refractivity contribution >= 4 is 21.6 Å². The van der Waals surface area contributed by atoms with Crippen LogP contribution < -0.4 is 5.32 Å². The zero-order chi connectivity index (χ0) is 15.3. The molecule has 0 spiro atoms. The lowest BCUT2D eigenvalue weighted by Gasteiger charge is -2.23. The Morgan fingerprint density at radius 1 is 1.40 bits per heavy atom. The van der Waals surface area contributed by atoms with Crippen molar-refractivity contribution in [2.75, 3.05) is 18.1 Å². The minimum Gasteiger partial charge on any atom is -0.324 e. The van der Waals surface area contributed by atoms with Crippen molar-refractivity contribution in [2.24, 2.45) is 0 Å². The molecule has 0 fully saturated rings. The van der Waals surface area contributed by atoms with Crippen molar-refractivity contribution in [3.63, 3.8) is 0 Å². The van der Waals surface area contributed by atoms with Gasteiger partial charge >= 0.3 is 0 Å². The maximum absolute atomic E-state index is 11.9. The highest BCUT2D eigenvalue weighted by molar-refractivity contribution is 7.88. The van der Waals surface area contributed by atoms with Crippen LogP contribution in [0, 0.1) is 11.3 Å². The first-order valence-corrected chi connectivity index (χ1v) is 7.86. The molecule has 1 rings (SSSR count). The summed E-state index contributed by atoms with van der Waals surface area (Å²) in [6.45, 7) is 3.10. The molecule has 0 aromatic heterocycles. The fraction of sp³-hybridized carbons (Fsp3) is 0.385. The molecule has 7 heteroatoms. The molecular weight excluding hydrogens is 278 g/mol. The van der Waals surface area contributed by atoms with Crippen molar-refractivity contribution in [3.05, 3.63) is 29.8 Å². The third-order valence-corrected chi connectivity index (χ3v) is 4.03. The second-order valence-electron chi connectivity index (χ2n) is 4.61. The van der Waals surface area contributed by atoms with E-state index >= 15 is 0 Å². The molecule has 6 nitrogen and oxygen atoms in total. The lowest BCUT2D eigenvalue weighted by atomic mass is 10.2. The molecule has 1 aromatic rings. The van der Waals surface area contributed by atoms with Gasteiger partial charge in [0.25, 0.3) is 0 Å². The van der Waals surface area contributed by atoms with Gasteiger partial charge in [-0.3, -0.25) is 4.79 Å². The number of hydrogen-bond acceptors (Lipinski definition) is 4. The topological polar surface area (TPSA) is 90.3 Å². The molecule has 1 amide bonds. The van der Waals surface area contributed by atoms with Crippen molar-refractivity contribution in [3.8, 4) is 6.07 Å². The second kappa shape index (κ2) is 6.50. The highest BCUT2D eigenvalue weighted by atomic mass is 32.2. The smallest absolute Gasteiger partial charge is 0.239 e. The molecule has 0 aliphatic carbocycles. The van der Waals surface area contributed by atoms with E-state index in [-0.39, 0.29) is 12.6 Å². The Kier molecular flexibility index (Phi) is 5.25. The summed E-state index contributed by atoms with van der Waals surface area (Å²) in [5.74, 6) is -0.480. The van der Waals surface area contributed by atoms with Crippen LogP contribution in [0.5, 0.6) is 0 Å². The number of nitriles is 1. The molecule has 0 radical (unpaired) electrons. The Labute approximate surface area is 119 Å². The summed E-state index contributed by atoms with van der Waals surface area (Å²) in [5, 5.41) is 11.5. The second-order valence-corrected chi connectivity index (χ2v) is 6.54. The number of anilines is 1. The van der Waals surface area contributed by atoms with Gasteiger partial charge in [-0.2, -0.15) is 9.57 Å². The predicted octanol–water partition coefficient (Wildman–Crippen LogP) is 1.17. The van der Waals surface area contributed by atoms with Crippen LogP contribution in [0.25, 0.3) is 0 Å². The Morgan fingerprint density at radius 3 is 2.50 bits per heavy atom. The summed E-state index contributed by atoms with van der Waals surface area (Å²) in [6, 6.07) is 8.19. The van der Waals surface area contributed by atoms with E-state index in [1.807, 2.05) is 6.07 Å². The number of carbonyl (C=O) groups is 1. The van der Waals surface area contributed by atoms with E-state index in [0.29, 0.717) is 11.3 Å². The standard InChI is InChI=1S/C13H17N3O3S/c1-10(2)16(20(3,18)19)9-13(17)15-12-7-5-4-6-11(12)8-14/h4-7,10H,9H2,1-3H3,(H,15,17). The highest BCUT2D eigenvalue weighted by Crippen LogP contribution is 2.14. The zero-order valence-corrected chi connectivity index (χ0v) is 12.4. The van der Waals surface area contributed by atoms with E-state index in [1.165, 1.54) is 0 Å². The minimum atomic E-state index is -3.46. The van der Waals surface area contributed by atoms with Gasteiger partial charge in [-0.05, 0) is 26.0 Å². The molecule has 0 aliphatic rings. The molecule has 0 bridgehead atoms. The number of para-hydroxylation sites is 1. The Morgan fingerprint density at radius 2 is 2.00 bits per heavy atom. The number of amides is 1. The fourth-order valence-electron chi connectivity index (χ4n) is 1.70. The van der Waals surface area contributed by atoms with Crippen LogP contribution in [0.1, 0.15) is 19.4 Å². The van der Waals surface area contributed by atoms with Crippen LogP contribution in [0.2, 0.25) is 0 Å². The van der Waals surface area contributed by atoms with E-state index in [1.54, 1.807) is 38.1 Å². The SMILES string of the molecule is CC(C)N(CC(=O)Nc1ccccc1C#N)S(C)(=O)=O. The van der Waals surface area contributed by atoms with Gasteiger partial charge in [-0.15, -0.1) is 0 Å². The third-order valence-electron chi connectivity index (χ3n) is 2.62. The molecule has 1 aromatic carbocycles. The zero-order valence-electron chi connectivity index (χ0n) is 11.6.